The van der Waals surface area contributed by atoms with Crippen molar-refractivity contribution < 1.29 is 0 Å². The monoisotopic (exact) mass is 254 g/mol. The fraction of sp³-hybridized carbons (Fsp3) is 0. The topological polar surface area (TPSA) is 17.8 Å². The van der Waals surface area contributed by atoms with E-state index in [0.717, 1.165) is 21.8 Å². The molecule has 0 fully saturated rings. The fourth-order valence-corrected chi connectivity index (χ4v) is 2.19. The fourth-order valence-electron chi connectivity index (χ4n) is 1.94. The maximum absolute atomic E-state index is 6.22. The highest BCUT2D eigenvalue weighted by molar-refractivity contribution is 6.33. The van der Waals surface area contributed by atoms with Crippen molar-refractivity contribution in [2.45, 2.75) is 0 Å². The molecule has 1 aromatic heterocycles. The summed E-state index contributed by atoms with van der Waals surface area (Å²) in [6.07, 6.45) is 5.47. The van der Waals surface area contributed by atoms with Gasteiger partial charge >= 0.3 is 0 Å². The maximum Gasteiger partial charge on any atom is 0.0991 e. The van der Waals surface area contributed by atoms with E-state index < -0.39 is 0 Å². The SMILES string of the molecule is Clc1ccccc1-c1cccc(-n2ccnc2)c1. The molecule has 0 amide bonds. The number of hydrogen-bond donors (Lipinski definition) is 0. The molecule has 0 atom stereocenters. The van der Waals surface area contributed by atoms with Crippen molar-refractivity contribution in [1.82, 2.24) is 9.55 Å². The first-order chi connectivity index (χ1) is 8.84. The van der Waals surface area contributed by atoms with E-state index in [1.165, 1.54) is 0 Å². The van der Waals surface area contributed by atoms with Crippen LogP contribution in [0.2, 0.25) is 5.02 Å². The lowest BCUT2D eigenvalue weighted by Gasteiger charge is -2.07. The molecule has 2 nitrogen and oxygen atoms in total. The standard InChI is InChI=1S/C15H11ClN2/c16-15-7-2-1-6-14(15)12-4-3-5-13(10-12)18-9-8-17-11-18/h1-11H. The van der Waals surface area contributed by atoms with E-state index in [1.807, 2.05) is 47.2 Å². The lowest BCUT2D eigenvalue weighted by Crippen LogP contribution is -1.90. The van der Waals surface area contributed by atoms with Crippen LogP contribution in [-0.2, 0) is 0 Å². The normalized spacial score (nSPS) is 10.5. The predicted octanol–water partition coefficient (Wildman–Crippen LogP) is 4.19. The summed E-state index contributed by atoms with van der Waals surface area (Å²) < 4.78 is 1.97. The van der Waals surface area contributed by atoms with Crippen molar-refractivity contribution in [3.63, 3.8) is 0 Å². The molecule has 0 N–H and O–H groups in total. The van der Waals surface area contributed by atoms with E-state index >= 15 is 0 Å². The van der Waals surface area contributed by atoms with Gasteiger partial charge in [0.1, 0.15) is 0 Å². The Morgan fingerprint density at radius 3 is 2.67 bits per heavy atom. The molecule has 0 aliphatic heterocycles. The summed E-state index contributed by atoms with van der Waals surface area (Å²) in [4.78, 5) is 4.06. The van der Waals surface area contributed by atoms with Crippen LogP contribution in [0, 0.1) is 0 Å². The third kappa shape index (κ3) is 2.03. The zero-order chi connectivity index (χ0) is 12.4. The van der Waals surface area contributed by atoms with Crippen LogP contribution in [0.15, 0.2) is 67.3 Å². The molecule has 0 saturated carbocycles. The van der Waals surface area contributed by atoms with Crippen molar-refractivity contribution in [2.24, 2.45) is 0 Å². The highest BCUT2D eigenvalue weighted by Crippen LogP contribution is 2.28. The number of imidazole rings is 1. The minimum atomic E-state index is 0.764. The molecule has 1 heterocycles. The minimum Gasteiger partial charge on any atom is -0.306 e. The van der Waals surface area contributed by atoms with Crippen molar-refractivity contribution >= 4 is 11.6 Å². The quantitative estimate of drug-likeness (QED) is 0.670. The summed E-state index contributed by atoms with van der Waals surface area (Å²) in [5.41, 5.74) is 3.22. The second kappa shape index (κ2) is 4.67. The average molecular weight is 255 g/mol. The lowest BCUT2D eigenvalue weighted by atomic mass is 10.1. The summed E-state index contributed by atoms with van der Waals surface area (Å²) in [5.74, 6) is 0. The third-order valence-corrected chi connectivity index (χ3v) is 3.16. The summed E-state index contributed by atoms with van der Waals surface area (Å²) in [7, 11) is 0. The maximum atomic E-state index is 6.22. The summed E-state index contributed by atoms with van der Waals surface area (Å²) in [6, 6.07) is 16.1. The van der Waals surface area contributed by atoms with Gasteiger partial charge < -0.3 is 4.57 Å². The van der Waals surface area contributed by atoms with Crippen molar-refractivity contribution in [3.8, 4) is 16.8 Å². The first-order valence-electron chi connectivity index (χ1n) is 5.68. The van der Waals surface area contributed by atoms with E-state index in [-0.39, 0.29) is 0 Å². The Morgan fingerprint density at radius 2 is 1.89 bits per heavy atom. The number of aromatic nitrogens is 2. The van der Waals surface area contributed by atoms with Gasteiger partial charge in [-0.25, -0.2) is 4.98 Å². The van der Waals surface area contributed by atoms with E-state index in [0.29, 0.717) is 0 Å². The van der Waals surface area contributed by atoms with Crippen molar-refractivity contribution in [1.29, 1.82) is 0 Å². The molecule has 3 rings (SSSR count). The van der Waals surface area contributed by atoms with Gasteiger partial charge in [-0.05, 0) is 23.8 Å². The molecule has 0 unspecified atom stereocenters. The second-order valence-corrected chi connectivity index (χ2v) is 4.41. The molecule has 0 saturated heterocycles. The molecule has 0 radical (unpaired) electrons. The van der Waals surface area contributed by atoms with Gasteiger partial charge in [0.15, 0.2) is 0 Å². The van der Waals surface area contributed by atoms with Gasteiger partial charge in [-0.3, -0.25) is 0 Å². The Labute approximate surface area is 110 Å². The molecular weight excluding hydrogens is 244 g/mol. The summed E-state index contributed by atoms with van der Waals surface area (Å²) in [6.45, 7) is 0. The van der Waals surface area contributed by atoms with Gasteiger partial charge in [-0.15, -0.1) is 0 Å². The van der Waals surface area contributed by atoms with Crippen LogP contribution in [0.4, 0.5) is 0 Å². The molecular formula is C15H11ClN2. The number of rotatable bonds is 2. The van der Waals surface area contributed by atoms with Crippen LogP contribution in [0.3, 0.4) is 0 Å². The summed E-state index contributed by atoms with van der Waals surface area (Å²) >= 11 is 6.22. The zero-order valence-corrected chi connectivity index (χ0v) is 10.4. The molecule has 2 aromatic carbocycles. The Morgan fingerprint density at radius 1 is 1.00 bits per heavy atom. The summed E-state index contributed by atoms with van der Waals surface area (Å²) in [5, 5.41) is 0.764. The van der Waals surface area contributed by atoms with Crippen molar-refractivity contribution in [2.75, 3.05) is 0 Å². The highest BCUT2D eigenvalue weighted by Gasteiger charge is 2.03. The molecule has 0 aliphatic rings. The number of hydrogen-bond acceptors (Lipinski definition) is 1. The number of halogens is 1. The van der Waals surface area contributed by atoms with E-state index in [4.69, 9.17) is 11.6 Å². The van der Waals surface area contributed by atoms with Crippen LogP contribution < -0.4 is 0 Å². The van der Waals surface area contributed by atoms with Gasteiger partial charge in [0.25, 0.3) is 0 Å². The lowest BCUT2D eigenvalue weighted by molar-refractivity contribution is 1.06. The Hall–Kier alpha value is -2.06. The first-order valence-corrected chi connectivity index (χ1v) is 6.06. The second-order valence-electron chi connectivity index (χ2n) is 4.00. The van der Waals surface area contributed by atoms with E-state index in [2.05, 4.69) is 17.1 Å². The molecule has 0 spiro atoms. The average Bonchev–Trinajstić information content (AvgIpc) is 2.93. The van der Waals surface area contributed by atoms with Crippen LogP contribution in [0.25, 0.3) is 16.8 Å². The molecule has 0 bridgehead atoms. The number of nitrogens with zero attached hydrogens (tertiary/aromatic N) is 2. The molecule has 0 aliphatic carbocycles. The minimum absolute atomic E-state index is 0.764. The Bertz CT molecular complexity index is 660. The number of benzene rings is 2. The van der Waals surface area contributed by atoms with Crippen LogP contribution in [-0.4, -0.2) is 9.55 Å². The molecule has 3 aromatic rings. The van der Waals surface area contributed by atoms with Crippen LogP contribution >= 0.6 is 11.6 Å². The van der Waals surface area contributed by atoms with E-state index in [1.54, 1.807) is 12.5 Å². The van der Waals surface area contributed by atoms with Gasteiger partial charge in [0.05, 0.1) is 6.33 Å². The van der Waals surface area contributed by atoms with E-state index in [9.17, 15) is 0 Å². The highest BCUT2D eigenvalue weighted by atomic mass is 35.5. The van der Waals surface area contributed by atoms with Gasteiger partial charge in [-0.2, -0.15) is 0 Å². The first kappa shape index (κ1) is 11.1. The predicted molar refractivity (Wildman–Crippen MR) is 74.0 cm³/mol. The zero-order valence-electron chi connectivity index (χ0n) is 9.62. The molecule has 18 heavy (non-hydrogen) atoms. The van der Waals surface area contributed by atoms with Crippen LogP contribution in [0.1, 0.15) is 0 Å². The largest absolute Gasteiger partial charge is 0.306 e. The molecule has 88 valence electrons. The smallest absolute Gasteiger partial charge is 0.0991 e. The van der Waals surface area contributed by atoms with Gasteiger partial charge in [-0.1, -0.05) is 41.9 Å². The Kier molecular flexibility index (Phi) is 2.87. The van der Waals surface area contributed by atoms with Gasteiger partial charge in [0, 0.05) is 28.7 Å². The van der Waals surface area contributed by atoms with Crippen LogP contribution in [0.5, 0.6) is 0 Å². The molecule has 3 heteroatoms. The van der Waals surface area contributed by atoms with Gasteiger partial charge in [0.2, 0.25) is 0 Å². The van der Waals surface area contributed by atoms with Crippen molar-refractivity contribution in [3.05, 3.63) is 72.3 Å². The third-order valence-electron chi connectivity index (χ3n) is 2.83. The Balaban J connectivity index is 2.10.